The van der Waals surface area contributed by atoms with Gasteiger partial charge in [-0.05, 0) is 12.1 Å². The Labute approximate surface area is 126 Å². The molecular weight excluding hydrogens is 282 g/mol. The second-order valence-electron chi connectivity index (χ2n) is 5.21. The first-order chi connectivity index (χ1) is 10.8. The van der Waals surface area contributed by atoms with Crippen molar-refractivity contribution in [1.82, 2.24) is 19.9 Å². The molecule has 0 saturated carbocycles. The summed E-state index contributed by atoms with van der Waals surface area (Å²) < 4.78 is 5.77. The number of hydrogen-bond acceptors (Lipinski definition) is 5. The molecule has 0 aliphatic carbocycles. The molecule has 1 aliphatic heterocycles. The highest BCUT2D eigenvalue weighted by molar-refractivity contribution is 5.92. The number of nitrogens with zero attached hydrogens (tertiary/aromatic N) is 4. The average molecular weight is 297 g/mol. The van der Waals surface area contributed by atoms with Gasteiger partial charge in [0, 0.05) is 26.2 Å². The molecule has 1 saturated heterocycles. The van der Waals surface area contributed by atoms with Crippen LogP contribution in [-0.2, 0) is 0 Å². The van der Waals surface area contributed by atoms with Gasteiger partial charge in [0.1, 0.15) is 11.2 Å². The van der Waals surface area contributed by atoms with Crippen molar-refractivity contribution in [3.63, 3.8) is 0 Å². The summed E-state index contributed by atoms with van der Waals surface area (Å²) in [6.45, 7) is 2.67. The molecule has 0 bridgehead atoms. The number of rotatable bonds is 2. The molecule has 0 spiro atoms. The number of hydrogen-bond donors (Lipinski definition) is 1. The van der Waals surface area contributed by atoms with Crippen molar-refractivity contribution in [2.24, 2.45) is 0 Å². The van der Waals surface area contributed by atoms with Crippen molar-refractivity contribution in [3.8, 4) is 0 Å². The second kappa shape index (κ2) is 5.18. The van der Waals surface area contributed by atoms with Crippen LogP contribution in [0.5, 0.6) is 0 Å². The van der Waals surface area contributed by atoms with Crippen LogP contribution in [0.1, 0.15) is 10.5 Å². The summed E-state index contributed by atoms with van der Waals surface area (Å²) in [6, 6.07) is 8.33. The zero-order chi connectivity index (χ0) is 14.9. The maximum atomic E-state index is 12.2. The molecular formula is C15H15N5O2. The number of benzene rings is 1. The van der Waals surface area contributed by atoms with E-state index in [4.69, 9.17) is 4.42 Å². The van der Waals surface area contributed by atoms with Gasteiger partial charge in [0.25, 0.3) is 11.9 Å². The van der Waals surface area contributed by atoms with Gasteiger partial charge in [-0.3, -0.25) is 4.79 Å². The molecule has 1 N–H and O–H groups in total. The molecule has 4 rings (SSSR count). The van der Waals surface area contributed by atoms with E-state index in [1.807, 2.05) is 29.2 Å². The minimum atomic E-state index is -0.0188. The number of imidazole rings is 1. The monoisotopic (exact) mass is 297 g/mol. The molecule has 3 heterocycles. The Morgan fingerprint density at radius 2 is 2.00 bits per heavy atom. The fourth-order valence-electron chi connectivity index (χ4n) is 2.64. The molecule has 7 nitrogen and oxygen atoms in total. The van der Waals surface area contributed by atoms with E-state index in [0.717, 1.165) is 11.1 Å². The standard InChI is InChI=1S/C15H15N5O2/c21-14(12-9-16-10-17-12)19-5-7-20(8-6-19)15-18-11-3-1-2-4-13(11)22-15/h1-4,9-10H,5-8H2,(H,16,17). The van der Waals surface area contributed by atoms with E-state index in [1.165, 1.54) is 6.33 Å². The number of oxazole rings is 1. The number of H-pyrrole nitrogens is 1. The molecule has 0 unspecified atom stereocenters. The number of aromatic nitrogens is 3. The molecule has 2 aromatic heterocycles. The molecule has 0 atom stereocenters. The molecule has 7 heteroatoms. The predicted octanol–water partition coefficient (Wildman–Crippen LogP) is 1.51. The number of carbonyl (C=O) groups excluding carboxylic acids is 1. The van der Waals surface area contributed by atoms with Crippen LogP contribution in [0.2, 0.25) is 0 Å². The highest BCUT2D eigenvalue weighted by atomic mass is 16.4. The van der Waals surface area contributed by atoms with Crippen LogP contribution in [-0.4, -0.2) is 51.9 Å². The number of piperazine rings is 1. The maximum absolute atomic E-state index is 12.2. The largest absolute Gasteiger partial charge is 0.423 e. The van der Waals surface area contributed by atoms with E-state index in [0.29, 0.717) is 37.9 Å². The molecule has 22 heavy (non-hydrogen) atoms. The first-order valence-electron chi connectivity index (χ1n) is 7.19. The summed E-state index contributed by atoms with van der Waals surface area (Å²) in [6.07, 6.45) is 3.07. The van der Waals surface area contributed by atoms with Crippen LogP contribution < -0.4 is 4.90 Å². The SMILES string of the molecule is O=C(c1cnc[nH]1)N1CCN(c2nc3ccccc3o2)CC1. The van der Waals surface area contributed by atoms with Crippen LogP contribution in [0.4, 0.5) is 6.01 Å². The van der Waals surface area contributed by atoms with Crippen molar-refractivity contribution >= 4 is 23.0 Å². The third-order valence-corrected chi connectivity index (χ3v) is 3.85. The zero-order valence-corrected chi connectivity index (χ0v) is 11.9. The minimum Gasteiger partial charge on any atom is -0.423 e. The molecule has 1 amide bonds. The molecule has 0 radical (unpaired) electrons. The third-order valence-electron chi connectivity index (χ3n) is 3.85. The van der Waals surface area contributed by atoms with Gasteiger partial charge < -0.3 is 19.2 Å². The third kappa shape index (κ3) is 2.20. The first-order valence-corrected chi connectivity index (χ1v) is 7.19. The van der Waals surface area contributed by atoms with Crippen molar-refractivity contribution in [3.05, 3.63) is 42.5 Å². The topological polar surface area (TPSA) is 78.3 Å². The van der Waals surface area contributed by atoms with E-state index in [-0.39, 0.29) is 5.91 Å². The number of fused-ring (bicyclic) bond motifs is 1. The van der Waals surface area contributed by atoms with Gasteiger partial charge in [0.15, 0.2) is 5.58 Å². The number of anilines is 1. The fourth-order valence-corrected chi connectivity index (χ4v) is 2.64. The van der Waals surface area contributed by atoms with E-state index in [9.17, 15) is 4.79 Å². The summed E-state index contributed by atoms with van der Waals surface area (Å²) >= 11 is 0. The van der Waals surface area contributed by atoms with Gasteiger partial charge in [-0.25, -0.2) is 4.98 Å². The number of nitrogens with one attached hydrogen (secondary N) is 1. The number of aromatic amines is 1. The molecule has 3 aromatic rings. The quantitative estimate of drug-likeness (QED) is 0.776. The summed E-state index contributed by atoms with van der Waals surface area (Å²) in [5, 5.41) is 0. The van der Waals surface area contributed by atoms with Gasteiger partial charge in [-0.1, -0.05) is 12.1 Å². The van der Waals surface area contributed by atoms with Gasteiger partial charge in [-0.2, -0.15) is 4.98 Å². The van der Waals surface area contributed by atoms with Crippen molar-refractivity contribution < 1.29 is 9.21 Å². The fraction of sp³-hybridized carbons (Fsp3) is 0.267. The minimum absolute atomic E-state index is 0.0188. The zero-order valence-electron chi connectivity index (χ0n) is 11.9. The lowest BCUT2D eigenvalue weighted by Crippen LogP contribution is -2.49. The second-order valence-corrected chi connectivity index (χ2v) is 5.21. The van der Waals surface area contributed by atoms with E-state index < -0.39 is 0 Å². The Hall–Kier alpha value is -2.83. The molecule has 112 valence electrons. The lowest BCUT2D eigenvalue weighted by atomic mass is 10.3. The van der Waals surface area contributed by atoms with E-state index in [1.54, 1.807) is 6.20 Å². The Kier molecular flexibility index (Phi) is 3.03. The molecule has 1 fully saturated rings. The lowest BCUT2D eigenvalue weighted by Gasteiger charge is -2.33. The van der Waals surface area contributed by atoms with E-state index in [2.05, 4.69) is 19.9 Å². The smallest absolute Gasteiger partial charge is 0.298 e. The Bertz CT molecular complexity index is 754. The average Bonchev–Trinajstić information content (AvgIpc) is 3.23. The van der Waals surface area contributed by atoms with Crippen molar-refractivity contribution in [1.29, 1.82) is 0 Å². The predicted molar refractivity (Wildman–Crippen MR) is 80.7 cm³/mol. The number of carbonyl (C=O) groups is 1. The maximum Gasteiger partial charge on any atom is 0.298 e. The van der Waals surface area contributed by atoms with E-state index >= 15 is 0 Å². The molecule has 1 aliphatic rings. The highest BCUT2D eigenvalue weighted by Gasteiger charge is 2.25. The summed E-state index contributed by atoms with van der Waals surface area (Å²) in [5.74, 6) is -0.0188. The van der Waals surface area contributed by atoms with Gasteiger partial charge in [-0.15, -0.1) is 0 Å². The van der Waals surface area contributed by atoms with Crippen LogP contribution >= 0.6 is 0 Å². The Morgan fingerprint density at radius 3 is 2.73 bits per heavy atom. The Balaban J connectivity index is 1.46. The number of amides is 1. The van der Waals surface area contributed by atoms with Crippen LogP contribution in [0, 0.1) is 0 Å². The van der Waals surface area contributed by atoms with Crippen LogP contribution in [0.15, 0.2) is 41.2 Å². The first kappa shape index (κ1) is 12.9. The van der Waals surface area contributed by atoms with Crippen LogP contribution in [0.3, 0.4) is 0 Å². The van der Waals surface area contributed by atoms with Gasteiger partial charge in [0.05, 0.1) is 12.5 Å². The summed E-state index contributed by atoms with van der Waals surface area (Å²) in [5.41, 5.74) is 2.16. The summed E-state index contributed by atoms with van der Waals surface area (Å²) in [4.78, 5) is 27.4. The van der Waals surface area contributed by atoms with Crippen molar-refractivity contribution in [2.75, 3.05) is 31.1 Å². The highest BCUT2D eigenvalue weighted by Crippen LogP contribution is 2.22. The van der Waals surface area contributed by atoms with Gasteiger partial charge in [0.2, 0.25) is 0 Å². The summed E-state index contributed by atoms with van der Waals surface area (Å²) in [7, 11) is 0. The van der Waals surface area contributed by atoms with Crippen LogP contribution in [0.25, 0.3) is 11.1 Å². The van der Waals surface area contributed by atoms with Crippen molar-refractivity contribution in [2.45, 2.75) is 0 Å². The van der Waals surface area contributed by atoms with Gasteiger partial charge >= 0.3 is 0 Å². The number of para-hydroxylation sites is 2. The Morgan fingerprint density at radius 1 is 1.18 bits per heavy atom. The normalized spacial score (nSPS) is 15.5. The lowest BCUT2D eigenvalue weighted by molar-refractivity contribution is 0.0739. The molecule has 1 aromatic carbocycles.